The van der Waals surface area contributed by atoms with Gasteiger partial charge in [0, 0.05) is 44.5 Å². The van der Waals surface area contributed by atoms with E-state index in [1.54, 1.807) is 6.33 Å². The molecule has 0 spiro atoms. The number of anilines is 3. The lowest BCUT2D eigenvalue weighted by Gasteiger charge is -2.35. The molecule has 2 heterocycles. The predicted molar refractivity (Wildman–Crippen MR) is 110 cm³/mol. The fraction of sp³-hybridized carbons (Fsp3) is 0.273. The lowest BCUT2D eigenvalue weighted by atomic mass is 10.2. The molecule has 2 aromatic carbocycles. The van der Waals surface area contributed by atoms with Crippen molar-refractivity contribution in [3.63, 3.8) is 0 Å². The van der Waals surface area contributed by atoms with Crippen molar-refractivity contribution in [2.75, 3.05) is 36.4 Å². The van der Waals surface area contributed by atoms with Crippen LogP contribution in [0.15, 0.2) is 67.0 Å². The molecule has 0 amide bonds. The molecule has 1 fully saturated rings. The molecule has 5 heteroatoms. The maximum Gasteiger partial charge on any atom is 0.135 e. The molecule has 1 N–H and O–H groups in total. The first-order valence-electron chi connectivity index (χ1n) is 9.43. The van der Waals surface area contributed by atoms with E-state index in [1.807, 2.05) is 6.07 Å². The molecule has 138 valence electrons. The van der Waals surface area contributed by atoms with E-state index in [2.05, 4.69) is 86.6 Å². The molecule has 1 aliphatic rings. The first kappa shape index (κ1) is 17.5. The molecule has 0 radical (unpaired) electrons. The van der Waals surface area contributed by atoms with Gasteiger partial charge in [-0.3, -0.25) is 4.90 Å². The van der Waals surface area contributed by atoms with E-state index in [0.29, 0.717) is 0 Å². The Morgan fingerprint density at radius 2 is 1.63 bits per heavy atom. The zero-order valence-corrected chi connectivity index (χ0v) is 15.7. The third-order valence-corrected chi connectivity index (χ3v) is 4.92. The molecule has 4 rings (SSSR count). The first-order chi connectivity index (χ1) is 13.3. The molecule has 1 aliphatic heterocycles. The highest BCUT2D eigenvalue weighted by atomic mass is 15.3. The molecular weight excluding hydrogens is 334 g/mol. The van der Waals surface area contributed by atoms with Crippen LogP contribution in [0.2, 0.25) is 0 Å². The molecule has 27 heavy (non-hydrogen) atoms. The van der Waals surface area contributed by atoms with Crippen LogP contribution in [-0.4, -0.2) is 41.0 Å². The van der Waals surface area contributed by atoms with Crippen LogP contribution < -0.4 is 10.2 Å². The van der Waals surface area contributed by atoms with E-state index >= 15 is 0 Å². The Balaban J connectivity index is 1.36. The third kappa shape index (κ3) is 4.63. The maximum atomic E-state index is 4.48. The molecule has 1 saturated heterocycles. The van der Waals surface area contributed by atoms with Gasteiger partial charge in [0.15, 0.2) is 0 Å². The fourth-order valence-corrected chi connectivity index (χ4v) is 3.35. The second kappa shape index (κ2) is 8.18. The summed E-state index contributed by atoms with van der Waals surface area (Å²) < 4.78 is 0. The van der Waals surface area contributed by atoms with Gasteiger partial charge in [0.1, 0.15) is 18.0 Å². The van der Waals surface area contributed by atoms with Crippen LogP contribution in [0.1, 0.15) is 11.1 Å². The third-order valence-electron chi connectivity index (χ3n) is 4.92. The van der Waals surface area contributed by atoms with Gasteiger partial charge in [-0.25, -0.2) is 9.97 Å². The zero-order valence-electron chi connectivity index (χ0n) is 15.7. The molecule has 0 saturated carbocycles. The summed E-state index contributed by atoms with van der Waals surface area (Å²) in [6.07, 6.45) is 1.64. The summed E-state index contributed by atoms with van der Waals surface area (Å²) in [7, 11) is 0. The van der Waals surface area contributed by atoms with Crippen molar-refractivity contribution >= 4 is 17.3 Å². The van der Waals surface area contributed by atoms with Crippen LogP contribution in [-0.2, 0) is 6.54 Å². The Bertz CT molecular complexity index is 855. The summed E-state index contributed by atoms with van der Waals surface area (Å²) >= 11 is 0. The Morgan fingerprint density at radius 1 is 0.889 bits per heavy atom. The molecular formula is C22H25N5. The number of hydrogen-bond donors (Lipinski definition) is 1. The molecule has 0 unspecified atom stereocenters. The van der Waals surface area contributed by atoms with Crippen molar-refractivity contribution in [2.24, 2.45) is 0 Å². The van der Waals surface area contributed by atoms with E-state index < -0.39 is 0 Å². The maximum absolute atomic E-state index is 4.48. The van der Waals surface area contributed by atoms with Gasteiger partial charge in [-0.2, -0.15) is 0 Å². The van der Waals surface area contributed by atoms with Gasteiger partial charge in [0.05, 0.1) is 0 Å². The number of piperazine rings is 1. The highest BCUT2D eigenvalue weighted by Gasteiger charge is 2.18. The Kier molecular flexibility index (Phi) is 5.30. The van der Waals surface area contributed by atoms with Crippen LogP contribution >= 0.6 is 0 Å². The van der Waals surface area contributed by atoms with Gasteiger partial charge in [-0.15, -0.1) is 0 Å². The van der Waals surface area contributed by atoms with Crippen LogP contribution in [0.5, 0.6) is 0 Å². The van der Waals surface area contributed by atoms with E-state index in [0.717, 1.165) is 50.0 Å². The highest BCUT2D eigenvalue weighted by molar-refractivity contribution is 5.59. The number of aromatic nitrogens is 2. The minimum Gasteiger partial charge on any atom is -0.354 e. The van der Waals surface area contributed by atoms with Crippen molar-refractivity contribution in [3.8, 4) is 0 Å². The summed E-state index contributed by atoms with van der Waals surface area (Å²) in [6.45, 7) is 7.14. The lowest BCUT2D eigenvalue weighted by Crippen LogP contribution is -2.46. The van der Waals surface area contributed by atoms with Gasteiger partial charge in [0.25, 0.3) is 0 Å². The van der Waals surface area contributed by atoms with Gasteiger partial charge in [0.2, 0.25) is 0 Å². The van der Waals surface area contributed by atoms with E-state index in [-0.39, 0.29) is 0 Å². The topological polar surface area (TPSA) is 44.3 Å². The summed E-state index contributed by atoms with van der Waals surface area (Å²) in [5.74, 6) is 1.81. The second-order valence-corrected chi connectivity index (χ2v) is 7.00. The van der Waals surface area contributed by atoms with Crippen molar-refractivity contribution in [1.29, 1.82) is 0 Å². The Labute approximate surface area is 160 Å². The summed E-state index contributed by atoms with van der Waals surface area (Å²) in [4.78, 5) is 13.7. The number of hydrogen-bond acceptors (Lipinski definition) is 5. The number of rotatable bonds is 5. The van der Waals surface area contributed by atoms with Crippen LogP contribution in [0, 0.1) is 6.92 Å². The number of nitrogens with zero attached hydrogens (tertiary/aromatic N) is 4. The molecule has 0 bridgehead atoms. The highest BCUT2D eigenvalue weighted by Crippen LogP contribution is 2.20. The minimum atomic E-state index is 0.829. The first-order valence-corrected chi connectivity index (χ1v) is 9.43. The predicted octanol–water partition coefficient (Wildman–Crippen LogP) is 3.85. The SMILES string of the molecule is Cc1ccc(Nc2cc(N3CCN(Cc4ccccc4)CC3)ncn2)cc1. The summed E-state index contributed by atoms with van der Waals surface area (Å²) in [5, 5.41) is 3.36. The Morgan fingerprint density at radius 3 is 2.37 bits per heavy atom. The van der Waals surface area contributed by atoms with Crippen molar-refractivity contribution < 1.29 is 0 Å². The van der Waals surface area contributed by atoms with Gasteiger partial charge in [-0.1, -0.05) is 48.0 Å². The van der Waals surface area contributed by atoms with Crippen molar-refractivity contribution in [3.05, 3.63) is 78.1 Å². The van der Waals surface area contributed by atoms with Crippen LogP contribution in [0.3, 0.4) is 0 Å². The van der Waals surface area contributed by atoms with Crippen LogP contribution in [0.4, 0.5) is 17.3 Å². The van der Waals surface area contributed by atoms with Crippen LogP contribution in [0.25, 0.3) is 0 Å². The Hall–Kier alpha value is -2.92. The minimum absolute atomic E-state index is 0.829. The molecule has 1 aromatic heterocycles. The van der Waals surface area contributed by atoms with E-state index in [9.17, 15) is 0 Å². The standard InChI is InChI=1S/C22H25N5/c1-18-7-9-20(10-8-18)25-21-15-22(24-17-23-21)27-13-11-26(12-14-27)16-19-5-3-2-4-6-19/h2-10,15,17H,11-14,16H2,1H3,(H,23,24,25). The summed E-state index contributed by atoms with van der Waals surface area (Å²) in [6, 6.07) is 21.0. The smallest absolute Gasteiger partial charge is 0.135 e. The molecule has 5 nitrogen and oxygen atoms in total. The molecule has 0 aliphatic carbocycles. The zero-order chi connectivity index (χ0) is 18.5. The van der Waals surface area contributed by atoms with Gasteiger partial charge < -0.3 is 10.2 Å². The van der Waals surface area contributed by atoms with Gasteiger partial charge in [-0.05, 0) is 24.6 Å². The molecule has 0 atom stereocenters. The molecule has 3 aromatic rings. The number of aryl methyl sites for hydroxylation is 1. The number of benzene rings is 2. The monoisotopic (exact) mass is 359 g/mol. The fourth-order valence-electron chi connectivity index (χ4n) is 3.35. The average Bonchev–Trinajstić information content (AvgIpc) is 2.71. The lowest BCUT2D eigenvalue weighted by molar-refractivity contribution is 0.249. The second-order valence-electron chi connectivity index (χ2n) is 7.00. The van der Waals surface area contributed by atoms with E-state index in [4.69, 9.17) is 0 Å². The quantitative estimate of drug-likeness (QED) is 0.750. The van der Waals surface area contributed by atoms with E-state index in [1.165, 1.54) is 11.1 Å². The number of nitrogens with one attached hydrogen (secondary N) is 1. The van der Waals surface area contributed by atoms with Gasteiger partial charge >= 0.3 is 0 Å². The normalized spacial score (nSPS) is 14.9. The largest absolute Gasteiger partial charge is 0.354 e. The van der Waals surface area contributed by atoms with Crippen molar-refractivity contribution in [2.45, 2.75) is 13.5 Å². The van der Waals surface area contributed by atoms with Crippen molar-refractivity contribution in [1.82, 2.24) is 14.9 Å². The summed E-state index contributed by atoms with van der Waals surface area (Å²) in [5.41, 5.74) is 3.66. The average molecular weight is 359 g/mol.